The van der Waals surface area contributed by atoms with Crippen LogP contribution in [0.3, 0.4) is 0 Å². The van der Waals surface area contributed by atoms with Crippen LogP contribution < -0.4 is 0 Å². The van der Waals surface area contributed by atoms with E-state index in [9.17, 15) is 0 Å². The summed E-state index contributed by atoms with van der Waals surface area (Å²) in [6, 6.07) is 0. The van der Waals surface area contributed by atoms with Crippen LogP contribution in [0.2, 0.25) is 0 Å². The average Bonchev–Trinajstić information content (AvgIpc) is 1.86. The molecule has 0 aliphatic carbocycles. The molecule has 0 atom stereocenters. The molecule has 12 heavy (non-hydrogen) atoms. The minimum atomic E-state index is 0.0417. The van der Waals surface area contributed by atoms with Crippen LogP contribution in [-0.2, 0) is 4.74 Å². The Bertz CT molecular complexity index is 83.4. The molecule has 0 heterocycles. The van der Waals surface area contributed by atoms with Crippen LogP contribution >= 0.6 is 11.8 Å². The molecule has 0 aliphatic rings. The Labute approximate surface area is 82.3 Å². The molecule has 0 aromatic rings. The first-order chi connectivity index (χ1) is 5.12. The highest BCUT2D eigenvalue weighted by molar-refractivity contribution is 7.99. The second-order valence-electron chi connectivity index (χ2n) is 4.63. The molecule has 0 amide bonds. The van der Waals surface area contributed by atoms with Crippen molar-refractivity contribution in [3.8, 4) is 0 Å². The highest BCUT2D eigenvalue weighted by atomic mass is 32.2. The molecule has 0 spiro atoms. The van der Waals surface area contributed by atoms with Gasteiger partial charge >= 0.3 is 0 Å². The van der Waals surface area contributed by atoms with E-state index in [1.807, 2.05) is 32.5 Å². The molecular weight excluding hydrogens is 168 g/mol. The number of thioether (sulfide) groups is 1. The molecule has 0 fully saturated rings. The zero-order valence-corrected chi connectivity index (χ0v) is 10.6. The second-order valence-corrected chi connectivity index (χ2v) is 6.27. The van der Waals surface area contributed by atoms with E-state index in [-0.39, 0.29) is 5.60 Å². The lowest BCUT2D eigenvalue weighted by atomic mass is 10.2. The van der Waals surface area contributed by atoms with E-state index in [2.05, 4.69) is 27.0 Å². The lowest BCUT2D eigenvalue weighted by Crippen LogP contribution is -2.15. The van der Waals surface area contributed by atoms with Gasteiger partial charge in [-0.15, -0.1) is 0 Å². The maximum absolute atomic E-state index is 4.94. The van der Waals surface area contributed by atoms with E-state index in [4.69, 9.17) is 4.74 Å². The lowest BCUT2D eigenvalue weighted by Gasteiger charge is -2.14. The standard InChI is InChI=1S/C5H12O.C5H12S/c2*1-5(2,3)6-4/h2*1-4H3. The quantitative estimate of drug-likeness (QED) is 0.580. The molecule has 0 aromatic heterocycles. The fourth-order valence-electron chi connectivity index (χ4n) is 0. The maximum atomic E-state index is 4.94. The van der Waals surface area contributed by atoms with Crippen molar-refractivity contribution in [1.82, 2.24) is 0 Å². The molecular formula is C10H24OS. The number of methoxy groups -OCH3 is 1. The molecule has 76 valence electrons. The van der Waals surface area contributed by atoms with Gasteiger partial charge in [0.15, 0.2) is 0 Å². The molecule has 2 heteroatoms. The summed E-state index contributed by atoms with van der Waals surface area (Å²) in [7, 11) is 1.71. The fraction of sp³-hybridized carbons (Fsp3) is 1.00. The van der Waals surface area contributed by atoms with Crippen LogP contribution in [0.15, 0.2) is 0 Å². The number of ether oxygens (including phenoxy) is 1. The van der Waals surface area contributed by atoms with Gasteiger partial charge in [-0.3, -0.25) is 0 Å². The van der Waals surface area contributed by atoms with Crippen LogP contribution in [0.5, 0.6) is 0 Å². The van der Waals surface area contributed by atoms with Crippen molar-refractivity contribution in [2.75, 3.05) is 13.4 Å². The summed E-state index contributed by atoms with van der Waals surface area (Å²) in [5.41, 5.74) is 0.0417. The summed E-state index contributed by atoms with van der Waals surface area (Å²) in [6.45, 7) is 12.7. The SMILES string of the molecule is COC(C)(C)C.CSC(C)(C)C. The summed E-state index contributed by atoms with van der Waals surface area (Å²) in [5, 5.41) is 0. The number of rotatable bonds is 0. The van der Waals surface area contributed by atoms with Crippen LogP contribution in [0.25, 0.3) is 0 Å². The van der Waals surface area contributed by atoms with Gasteiger partial charge < -0.3 is 4.74 Å². The Balaban J connectivity index is 0. The summed E-state index contributed by atoms with van der Waals surface area (Å²) < 4.78 is 5.40. The Kier molecular flexibility index (Phi) is 7.25. The molecule has 0 aromatic carbocycles. The molecule has 0 rings (SSSR count). The van der Waals surface area contributed by atoms with Crippen molar-refractivity contribution in [1.29, 1.82) is 0 Å². The zero-order valence-electron chi connectivity index (χ0n) is 9.82. The van der Waals surface area contributed by atoms with E-state index < -0.39 is 0 Å². The normalized spacial score (nSPS) is 12.0. The minimum absolute atomic E-state index is 0.0417. The van der Waals surface area contributed by atoms with Gasteiger partial charge in [0.25, 0.3) is 0 Å². The summed E-state index contributed by atoms with van der Waals surface area (Å²) in [4.78, 5) is 0. The van der Waals surface area contributed by atoms with Gasteiger partial charge in [0.05, 0.1) is 5.60 Å². The van der Waals surface area contributed by atoms with Gasteiger partial charge in [0.1, 0.15) is 0 Å². The predicted molar refractivity (Wildman–Crippen MR) is 60.0 cm³/mol. The second kappa shape index (κ2) is 5.87. The van der Waals surface area contributed by atoms with Gasteiger partial charge in [-0.05, 0) is 27.0 Å². The molecule has 0 N–H and O–H groups in total. The third-order valence-electron chi connectivity index (χ3n) is 1.22. The van der Waals surface area contributed by atoms with Crippen LogP contribution in [0.4, 0.5) is 0 Å². The number of hydrogen-bond donors (Lipinski definition) is 0. The van der Waals surface area contributed by atoms with E-state index in [0.29, 0.717) is 4.75 Å². The Morgan fingerprint density at radius 2 is 1.08 bits per heavy atom. The van der Waals surface area contributed by atoms with E-state index in [0.717, 1.165) is 0 Å². The summed E-state index contributed by atoms with van der Waals surface area (Å²) in [6.07, 6.45) is 2.12. The van der Waals surface area contributed by atoms with Gasteiger partial charge in [-0.2, -0.15) is 11.8 Å². The smallest absolute Gasteiger partial charge is 0.0594 e. The van der Waals surface area contributed by atoms with Crippen molar-refractivity contribution in [3.63, 3.8) is 0 Å². The molecule has 0 bridgehead atoms. The lowest BCUT2D eigenvalue weighted by molar-refractivity contribution is 0.0397. The van der Waals surface area contributed by atoms with Crippen LogP contribution in [-0.4, -0.2) is 23.7 Å². The number of hydrogen-bond acceptors (Lipinski definition) is 2. The Hall–Kier alpha value is 0.310. The van der Waals surface area contributed by atoms with Gasteiger partial charge in [0, 0.05) is 11.9 Å². The molecule has 0 unspecified atom stereocenters. The van der Waals surface area contributed by atoms with Gasteiger partial charge in [-0.1, -0.05) is 20.8 Å². The third-order valence-corrected chi connectivity index (χ3v) is 2.45. The largest absolute Gasteiger partial charge is 0.379 e. The fourth-order valence-corrected chi connectivity index (χ4v) is 0. The molecule has 0 saturated heterocycles. The van der Waals surface area contributed by atoms with Gasteiger partial charge in [-0.25, -0.2) is 0 Å². The van der Waals surface area contributed by atoms with Crippen molar-refractivity contribution >= 4 is 11.8 Å². The third kappa shape index (κ3) is 22.4. The molecule has 0 aliphatic heterocycles. The summed E-state index contributed by atoms with van der Waals surface area (Å²) >= 11 is 1.88. The average molecular weight is 192 g/mol. The first-order valence-electron chi connectivity index (χ1n) is 4.22. The topological polar surface area (TPSA) is 9.23 Å². The highest BCUT2D eigenvalue weighted by Crippen LogP contribution is 2.18. The first-order valence-corrected chi connectivity index (χ1v) is 5.45. The zero-order chi connectivity index (χ0) is 10.4. The van der Waals surface area contributed by atoms with E-state index in [1.165, 1.54) is 0 Å². The first kappa shape index (κ1) is 14.8. The van der Waals surface area contributed by atoms with Crippen molar-refractivity contribution < 1.29 is 4.74 Å². The predicted octanol–water partition coefficient (Wildman–Crippen LogP) is 3.58. The van der Waals surface area contributed by atoms with Crippen molar-refractivity contribution in [3.05, 3.63) is 0 Å². The monoisotopic (exact) mass is 192 g/mol. The molecule has 0 saturated carbocycles. The minimum Gasteiger partial charge on any atom is -0.379 e. The van der Waals surface area contributed by atoms with Crippen molar-refractivity contribution in [2.45, 2.75) is 51.9 Å². The molecule has 0 radical (unpaired) electrons. The van der Waals surface area contributed by atoms with E-state index in [1.54, 1.807) is 7.11 Å². The Morgan fingerprint density at radius 1 is 0.917 bits per heavy atom. The molecule has 1 nitrogen and oxygen atoms in total. The van der Waals surface area contributed by atoms with E-state index >= 15 is 0 Å². The summed E-state index contributed by atoms with van der Waals surface area (Å²) in [5.74, 6) is 0. The Morgan fingerprint density at radius 3 is 1.08 bits per heavy atom. The van der Waals surface area contributed by atoms with Crippen molar-refractivity contribution in [2.24, 2.45) is 0 Å². The van der Waals surface area contributed by atoms with Crippen LogP contribution in [0, 0.1) is 0 Å². The maximum Gasteiger partial charge on any atom is 0.0594 e. The van der Waals surface area contributed by atoms with Crippen LogP contribution in [0.1, 0.15) is 41.5 Å². The highest BCUT2D eigenvalue weighted by Gasteiger charge is 2.04. The van der Waals surface area contributed by atoms with Gasteiger partial charge in [0.2, 0.25) is 0 Å².